The number of aryl methyl sites for hydroxylation is 1. The van der Waals surface area contributed by atoms with Crippen LogP contribution in [0.2, 0.25) is 0 Å². The molecular weight excluding hydrogens is 434 g/mol. The van der Waals surface area contributed by atoms with Crippen LogP contribution in [0.25, 0.3) is 0 Å². The number of carbonyl (C=O) groups excluding carboxylic acids is 1. The van der Waals surface area contributed by atoms with Gasteiger partial charge in [0.25, 0.3) is 5.91 Å². The molecule has 29 heavy (non-hydrogen) atoms. The van der Waals surface area contributed by atoms with E-state index in [1.165, 1.54) is 5.56 Å². The first-order valence-electron chi connectivity index (χ1n) is 9.65. The summed E-state index contributed by atoms with van der Waals surface area (Å²) in [5.74, 6) is -0.0145. The molecule has 0 radical (unpaired) electrons. The average molecular weight is 458 g/mol. The Morgan fingerprint density at radius 1 is 1.14 bits per heavy atom. The summed E-state index contributed by atoms with van der Waals surface area (Å²) in [6.07, 6.45) is 5.51. The number of hydrogen-bond acceptors (Lipinski definition) is 5. The molecule has 4 rings (SSSR count). The van der Waals surface area contributed by atoms with Crippen LogP contribution in [0.4, 0.5) is 0 Å². The maximum Gasteiger partial charge on any atom is 0.274 e. The molecule has 3 aromatic heterocycles. The van der Waals surface area contributed by atoms with E-state index in [0.29, 0.717) is 25.5 Å². The lowest BCUT2D eigenvalue weighted by molar-refractivity contribution is 0.0621. The average Bonchev–Trinajstić information content (AvgIpc) is 3.30. The van der Waals surface area contributed by atoms with Crippen molar-refractivity contribution in [1.82, 2.24) is 34.3 Å². The topological polar surface area (TPSA) is 72.1 Å². The van der Waals surface area contributed by atoms with Crippen LogP contribution in [-0.2, 0) is 13.2 Å². The molecule has 8 nitrogen and oxygen atoms in total. The Bertz CT molecular complexity index is 990. The van der Waals surface area contributed by atoms with Crippen LogP contribution < -0.4 is 0 Å². The minimum atomic E-state index is -0.0145. The lowest BCUT2D eigenvalue weighted by Gasteiger charge is -2.34. The van der Waals surface area contributed by atoms with Crippen molar-refractivity contribution in [3.8, 4) is 0 Å². The van der Waals surface area contributed by atoms with E-state index in [2.05, 4.69) is 42.1 Å². The zero-order chi connectivity index (χ0) is 20.4. The van der Waals surface area contributed by atoms with Crippen LogP contribution in [-0.4, -0.2) is 66.4 Å². The monoisotopic (exact) mass is 457 g/mol. The molecule has 0 spiro atoms. The van der Waals surface area contributed by atoms with Gasteiger partial charge in [-0.3, -0.25) is 19.4 Å². The molecule has 0 aromatic carbocycles. The van der Waals surface area contributed by atoms with Crippen molar-refractivity contribution in [1.29, 1.82) is 0 Å². The molecule has 1 aliphatic rings. The number of nitrogens with zero attached hydrogens (tertiary/aromatic N) is 7. The van der Waals surface area contributed by atoms with Gasteiger partial charge in [0, 0.05) is 51.3 Å². The zero-order valence-corrected chi connectivity index (χ0v) is 18.2. The molecule has 0 saturated carbocycles. The summed E-state index contributed by atoms with van der Waals surface area (Å²) in [6.45, 7) is 8.41. The molecule has 1 fully saturated rings. The fourth-order valence-electron chi connectivity index (χ4n) is 3.53. The quantitative estimate of drug-likeness (QED) is 0.587. The third kappa shape index (κ3) is 4.40. The van der Waals surface area contributed by atoms with Gasteiger partial charge in [-0.1, -0.05) is 6.07 Å². The van der Waals surface area contributed by atoms with Gasteiger partial charge in [0.05, 0.1) is 15.9 Å². The van der Waals surface area contributed by atoms with Crippen LogP contribution in [0.5, 0.6) is 0 Å². The highest BCUT2D eigenvalue weighted by Crippen LogP contribution is 2.19. The second-order valence-corrected chi connectivity index (χ2v) is 8.09. The van der Waals surface area contributed by atoms with Gasteiger partial charge < -0.3 is 4.90 Å². The maximum atomic E-state index is 12.8. The van der Waals surface area contributed by atoms with Crippen LogP contribution in [0, 0.1) is 13.8 Å². The summed E-state index contributed by atoms with van der Waals surface area (Å²) in [6, 6.07) is 5.82. The van der Waals surface area contributed by atoms with Crippen LogP contribution in [0.15, 0.2) is 41.3 Å². The van der Waals surface area contributed by atoms with Crippen molar-refractivity contribution >= 4 is 21.8 Å². The highest BCUT2D eigenvalue weighted by atomic mass is 79.9. The number of amides is 1. The summed E-state index contributed by atoms with van der Waals surface area (Å²) >= 11 is 3.54. The molecule has 0 unspecified atom stereocenters. The lowest BCUT2D eigenvalue weighted by Crippen LogP contribution is -2.48. The standard InChI is InChI=1S/C20H24BrN7O/c1-15-19(21)16(2)28(23-15)14-27-7-5-18(24-27)20(29)26-10-8-25(9-11-26)13-17-4-3-6-22-12-17/h3-7,12H,8-11,13-14H2,1-2H3. The van der Waals surface area contributed by atoms with Gasteiger partial charge in [-0.15, -0.1) is 0 Å². The van der Waals surface area contributed by atoms with Gasteiger partial charge in [-0.05, 0) is 47.5 Å². The SMILES string of the molecule is Cc1nn(Cn2ccc(C(=O)N3CCN(Cc4cccnc4)CC3)n2)c(C)c1Br. The van der Waals surface area contributed by atoms with E-state index < -0.39 is 0 Å². The van der Waals surface area contributed by atoms with E-state index in [1.807, 2.05) is 41.9 Å². The van der Waals surface area contributed by atoms with Crippen LogP contribution in [0.3, 0.4) is 0 Å². The van der Waals surface area contributed by atoms with E-state index in [4.69, 9.17) is 0 Å². The normalized spacial score (nSPS) is 15.1. The summed E-state index contributed by atoms with van der Waals surface area (Å²) in [5.41, 5.74) is 3.65. The summed E-state index contributed by atoms with van der Waals surface area (Å²) in [7, 11) is 0. The van der Waals surface area contributed by atoms with Crippen molar-refractivity contribution in [3.05, 3.63) is 63.9 Å². The molecule has 1 amide bonds. The smallest absolute Gasteiger partial charge is 0.274 e. The summed E-state index contributed by atoms with van der Waals surface area (Å²) in [4.78, 5) is 21.2. The van der Waals surface area contributed by atoms with Gasteiger partial charge in [0.1, 0.15) is 12.4 Å². The molecule has 9 heteroatoms. The maximum absolute atomic E-state index is 12.8. The lowest BCUT2D eigenvalue weighted by atomic mass is 10.2. The van der Waals surface area contributed by atoms with Crippen molar-refractivity contribution in [2.75, 3.05) is 26.2 Å². The molecule has 3 aromatic rings. The third-order valence-electron chi connectivity index (χ3n) is 5.22. The molecule has 0 atom stereocenters. The largest absolute Gasteiger partial charge is 0.335 e. The number of piperazine rings is 1. The molecule has 4 heterocycles. The van der Waals surface area contributed by atoms with Crippen molar-refractivity contribution in [3.63, 3.8) is 0 Å². The first kappa shape index (κ1) is 19.8. The molecule has 0 aliphatic carbocycles. The first-order valence-corrected chi connectivity index (χ1v) is 10.4. The Kier molecular flexibility index (Phi) is 5.77. The van der Waals surface area contributed by atoms with E-state index in [9.17, 15) is 4.79 Å². The van der Waals surface area contributed by atoms with Gasteiger partial charge in [-0.25, -0.2) is 4.68 Å². The Hall–Kier alpha value is -2.52. The van der Waals surface area contributed by atoms with Crippen molar-refractivity contribution in [2.24, 2.45) is 0 Å². The number of pyridine rings is 1. The molecule has 152 valence electrons. The van der Waals surface area contributed by atoms with E-state index >= 15 is 0 Å². The first-order chi connectivity index (χ1) is 14.0. The predicted molar refractivity (Wildman–Crippen MR) is 112 cm³/mol. The summed E-state index contributed by atoms with van der Waals surface area (Å²) < 4.78 is 4.63. The fraction of sp³-hybridized carbons (Fsp3) is 0.400. The van der Waals surface area contributed by atoms with Crippen LogP contribution >= 0.6 is 15.9 Å². The molecule has 0 bridgehead atoms. The number of halogens is 1. The second kappa shape index (κ2) is 8.46. The molecule has 0 N–H and O–H groups in total. The van der Waals surface area contributed by atoms with E-state index in [-0.39, 0.29) is 5.91 Å². The van der Waals surface area contributed by atoms with Gasteiger partial charge in [-0.2, -0.15) is 10.2 Å². The second-order valence-electron chi connectivity index (χ2n) is 7.30. The minimum absolute atomic E-state index is 0.0145. The van der Waals surface area contributed by atoms with E-state index in [0.717, 1.165) is 35.5 Å². The highest BCUT2D eigenvalue weighted by Gasteiger charge is 2.24. The van der Waals surface area contributed by atoms with Crippen LogP contribution in [0.1, 0.15) is 27.4 Å². The molecule has 1 saturated heterocycles. The predicted octanol–water partition coefficient (Wildman–Crippen LogP) is 2.32. The number of aromatic nitrogens is 5. The fourth-order valence-corrected chi connectivity index (χ4v) is 3.81. The summed E-state index contributed by atoms with van der Waals surface area (Å²) in [5, 5.41) is 8.97. The number of hydrogen-bond donors (Lipinski definition) is 0. The van der Waals surface area contributed by atoms with Gasteiger partial charge in [0.15, 0.2) is 0 Å². The van der Waals surface area contributed by atoms with Crippen molar-refractivity contribution in [2.45, 2.75) is 27.1 Å². The molecular formula is C20H24BrN7O. The highest BCUT2D eigenvalue weighted by molar-refractivity contribution is 9.10. The van der Waals surface area contributed by atoms with Gasteiger partial charge in [0.2, 0.25) is 0 Å². The number of carbonyl (C=O) groups is 1. The Labute approximate surface area is 178 Å². The van der Waals surface area contributed by atoms with Gasteiger partial charge >= 0.3 is 0 Å². The Balaban J connectivity index is 1.34. The van der Waals surface area contributed by atoms with Crippen molar-refractivity contribution < 1.29 is 4.79 Å². The Morgan fingerprint density at radius 3 is 2.59 bits per heavy atom. The Morgan fingerprint density at radius 2 is 1.93 bits per heavy atom. The number of rotatable bonds is 5. The van der Waals surface area contributed by atoms with E-state index in [1.54, 1.807) is 16.9 Å². The zero-order valence-electron chi connectivity index (χ0n) is 16.6. The third-order valence-corrected chi connectivity index (χ3v) is 6.37. The molecule has 1 aliphatic heterocycles. The minimum Gasteiger partial charge on any atom is -0.335 e.